The molecule has 5 nitrogen and oxygen atoms in total. The third-order valence-corrected chi connectivity index (χ3v) is 8.86. The Balaban J connectivity index is 1.67. The SMILES string of the molecule is CC1CCc2c(C(=O)NCc3ccc(S(=O)(=O)N(C)C)s3)csc2C1. The standard InChI is InChI=1S/C17H22N2O3S3/c1-11-4-6-13-14(10-23-15(13)8-11)17(20)18-9-12-5-7-16(24-12)25(21,22)19(2)3/h5,7,10-11H,4,6,8-9H2,1-3H3,(H,18,20). The first-order valence-electron chi connectivity index (χ1n) is 8.17. The first-order chi connectivity index (χ1) is 11.8. The van der Waals surface area contributed by atoms with Gasteiger partial charge in [-0.05, 0) is 42.9 Å². The molecular weight excluding hydrogens is 376 g/mol. The number of carbonyl (C=O) groups is 1. The van der Waals surface area contributed by atoms with Gasteiger partial charge in [0.2, 0.25) is 0 Å². The number of thiophene rings is 2. The quantitative estimate of drug-likeness (QED) is 0.841. The highest BCUT2D eigenvalue weighted by Crippen LogP contribution is 2.33. The minimum Gasteiger partial charge on any atom is -0.347 e. The lowest BCUT2D eigenvalue weighted by molar-refractivity contribution is 0.0950. The topological polar surface area (TPSA) is 66.5 Å². The van der Waals surface area contributed by atoms with Gasteiger partial charge in [0.15, 0.2) is 0 Å². The molecule has 2 heterocycles. The first-order valence-corrected chi connectivity index (χ1v) is 11.3. The molecule has 25 heavy (non-hydrogen) atoms. The number of sulfonamides is 1. The van der Waals surface area contributed by atoms with Crippen LogP contribution in [0.1, 0.15) is 39.0 Å². The molecule has 1 atom stereocenters. The minimum atomic E-state index is -3.41. The molecule has 1 unspecified atom stereocenters. The summed E-state index contributed by atoms with van der Waals surface area (Å²) in [5.41, 5.74) is 1.98. The number of amides is 1. The summed E-state index contributed by atoms with van der Waals surface area (Å²) < 4.78 is 25.7. The van der Waals surface area contributed by atoms with Gasteiger partial charge in [0.05, 0.1) is 12.1 Å². The molecule has 8 heteroatoms. The summed E-state index contributed by atoms with van der Waals surface area (Å²) >= 11 is 2.87. The van der Waals surface area contributed by atoms with E-state index < -0.39 is 10.0 Å². The van der Waals surface area contributed by atoms with Gasteiger partial charge in [-0.1, -0.05) is 6.92 Å². The summed E-state index contributed by atoms with van der Waals surface area (Å²) in [6, 6.07) is 3.35. The highest BCUT2D eigenvalue weighted by Gasteiger charge is 2.23. The van der Waals surface area contributed by atoms with Crippen molar-refractivity contribution < 1.29 is 13.2 Å². The summed E-state index contributed by atoms with van der Waals surface area (Å²) in [6.45, 7) is 2.59. The summed E-state index contributed by atoms with van der Waals surface area (Å²) in [4.78, 5) is 14.7. The van der Waals surface area contributed by atoms with Crippen LogP contribution in [0.3, 0.4) is 0 Å². The smallest absolute Gasteiger partial charge is 0.252 e. The Morgan fingerprint density at radius 2 is 2.12 bits per heavy atom. The number of nitrogens with zero attached hydrogens (tertiary/aromatic N) is 1. The molecule has 0 aromatic carbocycles. The maximum Gasteiger partial charge on any atom is 0.252 e. The predicted octanol–water partition coefficient (Wildman–Crippen LogP) is 3.11. The fourth-order valence-corrected chi connectivity index (χ4v) is 6.61. The van der Waals surface area contributed by atoms with Crippen molar-refractivity contribution in [1.29, 1.82) is 0 Å². The Hall–Kier alpha value is -1.22. The van der Waals surface area contributed by atoms with Gasteiger partial charge in [-0.25, -0.2) is 12.7 Å². The molecule has 0 spiro atoms. The van der Waals surface area contributed by atoms with Crippen LogP contribution in [0.5, 0.6) is 0 Å². The molecule has 0 bridgehead atoms. The zero-order chi connectivity index (χ0) is 18.2. The normalized spacial score (nSPS) is 17.5. The number of fused-ring (bicyclic) bond motifs is 1. The van der Waals surface area contributed by atoms with Gasteiger partial charge in [0.25, 0.3) is 15.9 Å². The van der Waals surface area contributed by atoms with Crippen LogP contribution in [-0.4, -0.2) is 32.7 Å². The zero-order valence-corrected chi connectivity index (χ0v) is 17.0. The van der Waals surface area contributed by atoms with Crippen LogP contribution in [0.25, 0.3) is 0 Å². The molecule has 3 rings (SSSR count). The van der Waals surface area contributed by atoms with Crippen LogP contribution < -0.4 is 5.32 Å². The Kier molecular flexibility index (Phi) is 5.34. The summed E-state index contributed by atoms with van der Waals surface area (Å²) in [6.07, 6.45) is 3.15. The van der Waals surface area contributed by atoms with Crippen molar-refractivity contribution >= 4 is 38.6 Å². The molecule has 2 aromatic rings. The van der Waals surface area contributed by atoms with Crippen LogP contribution in [0.2, 0.25) is 0 Å². The maximum absolute atomic E-state index is 12.5. The van der Waals surface area contributed by atoms with E-state index in [1.165, 1.54) is 40.2 Å². The molecule has 0 fully saturated rings. The molecule has 1 N–H and O–H groups in total. The molecular formula is C17H22N2O3S3. The van der Waals surface area contributed by atoms with Crippen molar-refractivity contribution in [3.05, 3.63) is 38.4 Å². The summed E-state index contributed by atoms with van der Waals surface area (Å²) in [7, 11) is -0.392. The Labute approximate surface area is 156 Å². The van der Waals surface area contributed by atoms with Crippen LogP contribution in [0, 0.1) is 5.92 Å². The second kappa shape index (κ2) is 7.19. The molecule has 1 amide bonds. The third kappa shape index (κ3) is 3.81. The number of rotatable bonds is 5. The van der Waals surface area contributed by atoms with E-state index in [2.05, 4.69) is 12.2 Å². The van der Waals surface area contributed by atoms with Crippen molar-refractivity contribution in [3.8, 4) is 0 Å². The lowest BCUT2D eigenvalue weighted by Crippen LogP contribution is -2.24. The maximum atomic E-state index is 12.5. The van der Waals surface area contributed by atoms with Crippen LogP contribution in [0.15, 0.2) is 21.7 Å². The highest BCUT2D eigenvalue weighted by molar-refractivity contribution is 7.91. The number of hydrogen-bond donors (Lipinski definition) is 1. The monoisotopic (exact) mass is 398 g/mol. The molecule has 1 aliphatic rings. The van der Waals surface area contributed by atoms with E-state index in [1.54, 1.807) is 23.5 Å². The number of nitrogens with one attached hydrogen (secondary N) is 1. The molecule has 136 valence electrons. The Morgan fingerprint density at radius 3 is 2.84 bits per heavy atom. The average Bonchev–Trinajstić information content (AvgIpc) is 3.19. The van der Waals surface area contributed by atoms with Crippen molar-refractivity contribution in [2.75, 3.05) is 14.1 Å². The molecule has 1 aliphatic carbocycles. The Morgan fingerprint density at radius 1 is 1.36 bits per heavy atom. The molecule has 0 aliphatic heterocycles. The van der Waals surface area contributed by atoms with Gasteiger partial charge in [0, 0.05) is 29.2 Å². The summed E-state index contributed by atoms with van der Waals surface area (Å²) in [5, 5.41) is 4.88. The van der Waals surface area contributed by atoms with Gasteiger partial charge in [0.1, 0.15) is 4.21 Å². The van der Waals surface area contributed by atoms with Crippen LogP contribution in [-0.2, 0) is 29.4 Å². The van der Waals surface area contributed by atoms with E-state index in [0.29, 0.717) is 16.7 Å². The zero-order valence-electron chi connectivity index (χ0n) is 14.5. The van der Waals surface area contributed by atoms with Crippen LogP contribution in [0.4, 0.5) is 0 Å². The van der Waals surface area contributed by atoms with Gasteiger partial charge >= 0.3 is 0 Å². The lowest BCUT2D eigenvalue weighted by Gasteiger charge is -2.18. The predicted molar refractivity (Wildman–Crippen MR) is 102 cm³/mol. The Bertz CT molecular complexity index is 881. The van der Waals surface area contributed by atoms with E-state index in [4.69, 9.17) is 0 Å². The second-order valence-electron chi connectivity index (χ2n) is 6.59. The largest absolute Gasteiger partial charge is 0.347 e. The average molecular weight is 399 g/mol. The molecule has 0 radical (unpaired) electrons. The van der Waals surface area contributed by atoms with E-state index >= 15 is 0 Å². The van der Waals surface area contributed by atoms with E-state index in [9.17, 15) is 13.2 Å². The van der Waals surface area contributed by atoms with Crippen molar-refractivity contribution in [1.82, 2.24) is 9.62 Å². The fraction of sp³-hybridized carbons (Fsp3) is 0.471. The highest BCUT2D eigenvalue weighted by atomic mass is 32.2. The number of hydrogen-bond acceptors (Lipinski definition) is 5. The second-order valence-corrected chi connectivity index (χ2v) is 11.1. The summed E-state index contributed by atoms with van der Waals surface area (Å²) in [5.74, 6) is 0.614. The van der Waals surface area contributed by atoms with E-state index in [-0.39, 0.29) is 5.91 Å². The van der Waals surface area contributed by atoms with E-state index in [1.807, 2.05) is 5.38 Å². The van der Waals surface area contributed by atoms with Crippen LogP contribution >= 0.6 is 22.7 Å². The first kappa shape index (κ1) is 18.6. The van der Waals surface area contributed by atoms with Gasteiger partial charge in [-0.3, -0.25) is 4.79 Å². The third-order valence-electron chi connectivity index (χ3n) is 4.44. The van der Waals surface area contributed by atoms with Gasteiger partial charge < -0.3 is 5.32 Å². The van der Waals surface area contributed by atoms with Crippen molar-refractivity contribution in [2.24, 2.45) is 5.92 Å². The molecule has 0 saturated carbocycles. The number of carbonyl (C=O) groups excluding carboxylic acids is 1. The van der Waals surface area contributed by atoms with Gasteiger partial charge in [-0.2, -0.15) is 0 Å². The fourth-order valence-electron chi connectivity index (χ4n) is 2.90. The minimum absolute atomic E-state index is 0.0718. The van der Waals surface area contributed by atoms with E-state index in [0.717, 1.165) is 29.7 Å². The van der Waals surface area contributed by atoms with Crippen molar-refractivity contribution in [2.45, 2.75) is 36.9 Å². The van der Waals surface area contributed by atoms with Gasteiger partial charge in [-0.15, -0.1) is 22.7 Å². The molecule has 0 saturated heterocycles. The van der Waals surface area contributed by atoms with Crippen molar-refractivity contribution in [3.63, 3.8) is 0 Å². The molecule has 2 aromatic heterocycles. The lowest BCUT2D eigenvalue weighted by atomic mass is 9.88.